The summed E-state index contributed by atoms with van der Waals surface area (Å²) in [7, 11) is 0. The molecule has 0 aromatic heterocycles. The summed E-state index contributed by atoms with van der Waals surface area (Å²) in [4.78, 5) is 2.59. The summed E-state index contributed by atoms with van der Waals surface area (Å²) in [5, 5.41) is 9.80. The van der Waals surface area contributed by atoms with Gasteiger partial charge >= 0.3 is 0 Å². The summed E-state index contributed by atoms with van der Waals surface area (Å²) in [6.45, 7) is 1.85. The number of ether oxygens (including phenoxy) is 1. The highest BCUT2D eigenvalue weighted by Gasteiger charge is 2.39. The summed E-state index contributed by atoms with van der Waals surface area (Å²) in [5.41, 5.74) is 0. The molecule has 2 aliphatic heterocycles. The summed E-state index contributed by atoms with van der Waals surface area (Å²) < 4.78 is 6.84. The van der Waals surface area contributed by atoms with Gasteiger partial charge in [0.1, 0.15) is 5.75 Å². The molecule has 0 radical (unpaired) electrons. The monoisotopic (exact) mass is 339 g/mol. The Kier molecular flexibility index (Phi) is 4.64. The molecule has 0 aliphatic carbocycles. The molecule has 20 heavy (non-hydrogen) atoms. The average molecular weight is 340 g/mol. The van der Waals surface area contributed by atoms with Gasteiger partial charge in [-0.05, 0) is 50.3 Å². The van der Waals surface area contributed by atoms with Crippen molar-refractivity contribution >= 4 is 15.9 Å². The largest absolute Gasteiger partial charge is 0.494 e. The van der Waals surface area contributed by atoms with Crippen LogP contribution in [0.5, 0.6) is 5.75 Å². The van der Waals surface area contributed by atoms with Crippen molar-refractivity contribution in [2.75, 3.05) is 13.2 Å². The lowest BCUT2D eigenvalue weighted by Gasteiger charge is -2.37. The Balaban J connectivity index is 1.42. The Labute approximate surface area is 129 Å². The summed E-state index contributed by atoms with van der Waals surface area (Å²) in [5.74, 6) is 0.927. The minimum atomic E-state index is -0.0679. The fourth-order valence-corrected chi connectivity index (χ4v) is 3.98. The van der Waals surface area contributed by atoms with E-state index in [0.29, 0.717) is 12.1 Å². The third-order valence-corrected chi connectivity index (χ3v) is 4.98. The van der Waals surface area contributed by atoms with Gasteiger partial charge in [0.05, 0.1) is 12.7 Å². The number of piperidine rings is 1. The molecule has 3 nitrogen and oxygen atoms in total. The number of rotatable bonds is 5. The van der Waals surface area contributed by atoms with Crippen LogP contribution in [0.25, 0.3) is 0 Å². The van der Waals surface area contributed by atoms with Crippen LogP contribution >= 0.6 is 15.9 Å². The summed E-state index contributed by atoms with van der Waals surface area (Å²) in [6.07, 6.45) is 5.42. The number of fused-ring (bicyclic) bond motifs is 2. The van der Waals surface area contributed by atoms with Gasteiger partial charge in [-0.3, -0.25) is 4.90 Å². The number of halogens is 1. The highest BCUT2D eigenvalue weighted by atomic mass is 79.9. The van der Waals surface area contributed by atoms with Crippen molar-refractivity contribution in [3.63, 3.8) is 0 Å². The Morgan fingerprint density at radius 1 is 1.25 bits per heavy atom. The lowest BCUT2D eigenvalue weighted by molar-refractivity contribution is 0.0331. The third kappa shape index (κ3) is 3.35. The third-order valence-electron chi connectivity index (χ3n) is 4.48. The fourth-order valence-electron chi connectivity index (χ4n) is 3.60. The van der Waals surface area contributed by atoms with Gasteiger partial charge in [0.2, 0.25) is 0 Å². The Bertz CT molecular complexity index is 440. The van der Waals surface area contributed by atoms with E-state index in [0.717, 1.165) is 42.6 Å². The topological polar surface area (TPSA) is 32.7 Å². The van der Waals surface area contributed by atoms with Crippen molar-refractivity contribution in [3.8, 4) is 5.75 Å². The van der Waals surface area contributed by atoms with Crippen LogP contribution in [-0.2, 0) is 0 Å². The molecule has 0 spiro atoms. The zero-order valence-electron chi connectivity index (χ0n) is 11.7. The number of aliphatic hydroxyl groups is 1. The van der Waals surface area contributed by atoms with E-state index in [1.54, 1.807) is 0 Å². The SMILES string of the molecule is O[C@@H]1C[C@H]2CC[C@@H](C1)N2CCCOc1cccc(Br)c1. The van der Waals surface area contributed by atoms with Crippen molar-refractivity contribution < 1.29 is 9.84 Å². The molecular weight excluding hydrogens is 318 g/mol. The van der Waals surface area contributed by atoms with E-state index in [1.807, 2.05) is 24.3 Å². The van der Waals surface area contributed by atoms with Gasteiger partial charge in [0.15, 0.2) is 0 Å². The van der Waals surface area contributed by atoms with Gasteiger partial charge in [-0.2, -0.15) is 0 Å². The molecule has 2 saturated heterocycles. The summed E-state index contributed by atoms with van der Waals surface area (Å²) in [6, 6.07) is 9.20. The van der Waals surface area contributed by atoms with Crippen molar-refractivity contribution in [2.24, 2.45) is 0 Å². The number of hydrogen-bond acceptors (Lipinski definition) is 3. The maximum absolute atomic E-state index is 9.80. The minimum Gasteiger partial charge on any atom is -0.494 e. The van der Waals surface area contributed by atoms with Crippen LogP contribution in [0.2, 0.25) is 0 Å². The van der Waals surface area contributed by atoms with E-state index < -0.39 is 0 Å². The highest BCUT2D eigenvalue weighted by Crippen LogP contribution is 2.35. The smallest absolute Gasteiger partial charge is 0.120 e. The average Bonchev–Trinajstić information content (AvgIpc) is 2.66. The Hall–Kier alpha value is -0.580. The van der Waals surface area contributed by atoms with Crippen LogP contribution in [0.4, 0.5) is 0 Å². The van der Waals surface area contributed by atoms with Gasteiger partial charge in [-0.1, -0.05) is 22.0 Å². The first kappa shape index (κ1) is 14.4. The van der Waals surface area contributed by atoms with Crippen LogP contribution in [0.3, 0.4) is 0 Å². The van der Waals surface area contributed by atoms with Gasteiger partial charge in [0, 0.05) is 23.1 Å². The molecule has 110 valence electrons. The van der Waals surface area contributed by atoms with E-state index in [4.69, 9.17) is 4.74 Å². The van der Waals surface area contributed by atoms with E-state index in [2.05, 4.69) is 20.8 Å². The molecule has 1 N–H and O–H groups in total. The zero-order chi connectivity index (χ0) is 13.9. The molecule has 2 fully saturated rings. The zero-order valence-corrected chi connectivity index (χ0v) is 13.3. The predicted molar refractivity (Wildman–Crippen MR) is 83.0 cm³/mol. The van der Waals surface area contributed by atoms with Gasteiger partial charge in [-0.25, -0.2) is 0 Å². The molecule has 1 aromatic carbocycles. The predicted octanol–water partition coefficient (Wildman–Crippen LogP) is 3.21. The number of benzene rings is 1. The van der Waals surface area contributed by atoms with Gasteiger partial charge < -0.3 is 9.84 Å². The molecule has 0 saturated carbocycles. The van der Waals surface area contributed by atoms with Gasteiger partial charge in [-0.15, -0.1) is 0 Å². The number of hydrogen-bond donors (Lipinski definition) is 1. The second-order valence-corrected chi connectivity index (χ2v) is 6.82. The molecule has 2 bridgehead atoms. The van der Waals surface area contributed by atoms with Crippen molar-refractivity contribution in [1.82, 2.24) is 4.90 Å². The minimum absolute atomic E-state index is 0.0679. The van der Waals surface area contributed by atoms with Crippen LogP contribution in [0.15, 0.2) is 28.7 Å². The molecule has 3 rings (SSSR count). The maximum atomic E-state index is 9.80. The second kappa shape index (κ2) is 6.46. The van der Waals surface area contributed by atoms with Gasteiger partial charge in [0.25, 0.3) is 0 Å². The van der Waals surface area contributed by atoms with E-state index in [1.165, 1.54) is 12.8 Å². The quantitative estimate of drug-likeness (QED) is 0.836. The van der Waals surface area contributed by atoms with Crippen molar-refractivity contribution in [1.29, 1.82) is 0 Å². The van der Waals surface area contributed by atoms with Crippen LogP contribution < -0.4 is 4.74 Å². The molecule has 3 atom stereocenters. The first-order valence-corrected chi connectivity index (χ1v) is 8.34. The van der Waals surface area contributed by atoms with Crippen LogP contribution in [0, 0.1) is 0 Å². The molecular formula is C16H22BrNO2. The molecule has 0 amide bonds. The van der Waals surface area contributed by atoms with Crippen LogP contribution in [-0.4, -0.2) is 41.3 Å². The Morgan fingerprint density at radius 3 is 2.70 bits per heavy atom. The van der Waals surface area contributed by atoms with Crippen molar-refractivity contribution in [2.45, 2.75) is 50.3 Å². The second-order valence-electron chi connectivity index (χ2n) is 5.91. The lowest BCUT2D eigenvalue weighted by Crippen LogP contribution is -2.45. The first-order chi connectivity index (χ1) is 9.72. The molecule has 2 heterocycles. The standard InChI is InChI=1S/C16H22BrNO2/c17-12-3-1-4-16(9-12)20-8-2-7-18-13-5-6-14(18)11-15(19)10-13/h1,3-4,9,13-15,19H,2,5-8,10-11H2/t13-,14+,15-. The van der Waals surface area contributed by atoms with Crippen LogP contribution in [0.1, 0.15) is 32.1 Å². The normalized spacial score (nSPS) is 29.6. The number of nitrogens with zero attached hydrogens (tertiary/aromatic N) is 1. The van der Waals surface area contributed by atoms with Crippen molar-refractivity contribution in [3.05, 3.63) is 28.7 Å². The fraction of sp³-hybridized carbons (Fsp3) is 0.625. The Morgan fingerprint density at radius 2 is 2.00 bits per heavy atom. The molecule has 1 aromatic rings. The lowest BCUT2D eigenvalue weighted by atomic mass is 10.00. The van der Waals surface area contributed by atoms with E-state index in [9.17, 15) is 5.11 Å². The number of aliphatic hydroxyl groups excluding tert-OH is 1. The maximum Gasteiger partial charge on any atom is 0.120 e. The summed E-state index contributed by atoms with van der Waals surface area (Å²) >= 11 is 3.45. The molecule has 0 unspecified atom stereocenters. The highest BCUT2D eigenvalue weighted by molar-refractivity contribution is 9.10. The molecule has 2 aliphatic rings. The molecule has 4 heteroatoms. The van der Waals surface area contributed by atoms with E-state index in [-0.39, 0.29) is 6.10 Å². The van der Waals surface area contributed by atoms with E-state index >= 15 is 0 Å². The first-order valence-electron chi connectivity index (χ1n) is 7.54.